The van der Waals surface area contributed by atoms with Crippen molar-refractivity contribution in [1.29, 1.82) is 0 Å². The van der Waals surface area contributed by atoms with Gasteiger partial charge in [-0.25, -0.2) is 0 Å². The summed E-state index contributed by atoms with van der Waals surface area (Å²) in [6, 6.07) is 0. The van der Waals surface area contributed by atoms with E-state index >= 15 is 0 Å². The van der Waals surface area contributed by atoms with Crippen molar-refractivity contribution in [3.63, 3.8) is 0 Å². The molecule has 108 valence electrons. The average molecular weight is 266 g/mol. The van der Waals surface area contributed by atoms with Gasteiger partial charge < -0.3 is 10.2 Å². The monoisotopic (exact) mass is 266 g/mol. The van der Waals surface area contributed by atoms with E-state index in [0.717, 1.165) is 26.1 Å². The first-order chi connectivity index (χ1) is 8.38. The summed E-state index contributed by atoms with van der Waals surface area (Å²) in [6.45, 7) is 5.25. The van der Waals surface area contributed by atoms with E-state index in [1.165, 1.54) is 12.8 Å². The Kier molecular flexibility index (Phi) is 6.43. The van der Waals surface area contributed by atoms with Crippen LogP contribution < -0.4 is 5.32 Å². The predicted octanol–water partition coefficient (Wildman–Crippen LogP) is 2.90. The SMILES string of the molecule is CC(CCN(C)CCC(F)(F)F)C1CCCNC1. The van der Waals surface area contributed by atoms with E-state index in [2.05, 4.69) is 12.2 Å². The molecule has 0 aromatic heterocycles. The van der Waals surface area contributed by atoms with Gasteiger partial charge in [0.25, 0.3) is 0 Å². The van der Waals surface area contributed by atoms with Gasteiger partial charge in [0.1, 0.15) is 0 Å². The van der Waals surface area contributed by atoms with E-state index < -0.39 is 12.6 Å². The molecule has 1 N–H and O–H groups in total. The summed E-state index contributed by atoms with van der Waals surface area (Å²) >= 11 is 0. The molecule has 1 aliphatic rings. The molecule has 1 fully saturated rings. The van der Waals surface area contributed by atoms with Gasteiger partial charge in [-0.3, -0.25) is 0 Å². The number of alkyl halides is 3. The number of piperidine rings is 1. The Labute approximate surface area is 108 Å². The topological polar surface area (TPSA) is 15.3 Å². The zero-order valence-electron chi connectivity index (χ0n) is 11.4. The highest BCUT2D eigenvalue weighted by Crippen LogP contribution is 2.23. The number of rotatable bonds is 6. The third-order valence-electron chi connectivity index (χ3n) is 3.88. The average Bonchev–Trinajstić information content (AvgIpc) is 2.33. The second-order valence-electron chi connectivity index (χ2n) is 5.54. The predicted molar refractivity (Wildman–Crippen MR) is 67.5 cm³/mol. The molecule has 1 heterocycles. The maximum Gasteiger partial charge on any atom is 0.390 e. The van der Waals surface area contributed by atoms with Crippen LogP contribution in [0.25, 0.3) is 0 Å². The van der Waals surface area contributed by atoms with Crippen molar-refractivity contribution in [3.05, 3.63) is 0 Å². The summed E-state index contributed by atoms with van der Waals surface area (Å²) in [5, 5.41) is 3.39. The number of hydrogen-bond acceptors (Lipinski definition) is 2. The minimum absolute atomic E-state index is 0.110. The highest BCUT2D eigenvalue weighted by atomic mass is 19.4. The highest BCUT2D eigenvalue weighted by Gasteiger charge is 2.27. The molecule has 0 radical (unpaired) electrons. The Balaban J connectivity index is 2.14. The molecule has 0 aromatic carbocycles. The minimum Gasteiger partial charge on any atom is -0.316 e. The molecule has 2 nitrogen and oxygen atoms in total. The maximum atomic E-state index is 12.1. The Morgan fingerprint density at radius 3 is 2.61 bits per heavy atom. The molecule has 1 saturated heterocycles. The second kappa shape index (κ2) is 7.34. The van der Waals surface area contributed by atoms with Gasteiger partial charge in [-0.05, 0) is 57.8 Å². The summed E-state index contributed by atoms with van der Waals surface area (Å²) in [5.74, 6) is 1.28. The van der Waals surface area contributed by atoms with E-state index in [1.54, 1.807) is 11.9 Å². The number of nitrogens with one attached hydrogen (secondary N) is 1. The van der Waals surface area contributed by atoms with Gasteiger partial charge in [-0.1, -0.05) is 6.92 Å². The molecule has 0 saturated carbocycles. The summed E-state index contributed by atoms with van der Waals surface area (Å²) in [5.41, 5.74) is 0. The van der Waals surface area contributed by atoms with E-state index in [1.807, 2.05) is 0 Å². The van der Waals surface area contributed by atoms with Gasteiger partial charge in [0, 0.05) is 6.54 Å². The Bertz CT molecular complexity index is 225. The lowest BCUT2D eigenvalue weighted by Crippen LogP contribution is -2.34. The standard InChI is InChI=1S/C13H25F3N2/c1-11(12-4-3-7-17-10-12)5-8-18(2)9-6-13(14,15)16/h11-12,17H,3-10H2,1-2H3. The molecular weight excluding hydrogens is 241 g/mol. The third-order valence-corrected chi connectivity index (χ3v) is 3.88. The van der Waals surface area contributed by atoms with Crippen molar-refractivity contribution >= 4 is 0 Å². The Morgan fingerprint density at radius 2 is 2.06 bits per heavy atom. The van der Waals surface area contributed by atoms with E-state index in [0.29, 0.717) is 11.8 Å². The van der Waals surface area contributed by atoms with Crippen LogP contribution in [0.5, 0.6) is 0 Å². The molecule has 1 rings (SSSR count). The normalized spacial score (nSPS) is 23.3. The molecule has 0 bridgehead atoms. The van der Waals surface area contributed by atoms with Crippen molar-refractivity contribution in [3.8, 4) is 0 Å². The van der Waals surface area contributed by atoms with Crippen LogP contribution in [0.2, 0.25) is 0 Å². The van der Waals surface area contributed by atoms with Crippen LogP contribution in [0.4, 0.5) is 13.2 Å². The largest absolute Gasteiger partial charge is 0.390 e. The van der Waals surface area contributed by atoms with Crippen LogP contribution in [0.3, 0.4) is 0 Å². The molecule has 2 atom stereocenters. The minimum atomic E-state index is -4.03. The highest BCUT2D eigenvalue weighted by molar-refractivity contribution is 4.74. The molecular formula is C13H25F3N2. The number of hydrogen-bond donors (Lipinski definition) is 1. The Hall–Kier alpha value is -0.290. The molecule has 0 aliphatic carbocycles. The summed E-state index contributed by atoms with van der Waals surface area (Å²) in [4.78, 5) is 1.79. The zero-order chi connectivity index (χ0) is 13.6. The van der Waals surface area contributed by atoms with Gasteiger partial charge in [0.15, 0.2) is 0 Å². The van der Waals surface area contributed by atoms with Crippen LogP contribution in [0, 0.1) is 11.8 Å². The van der Waals surface area contributed by atoms with Crippen molar-refractivity contribution in [1.82, 2.24) is 10.2 Å². The van der Waals surface area contributed by atoms with Gasteiger partial charge >= 0.3 is 6.18 Å². The Morgan fingerprint density at radius 1 is 1.33 bits per heavy atom. The fraction of sp³-hybridized carbons (Fsp3) is 1.00. The van der Waals surface area contributed by atoms with Crippen LogP contribution in [-0.4, -0.2) is 44.3 Å². The van der Waals surface area contributed by atoms with Crippen LogP contribution in [0.15, 0.2) is 0 Å². The molecule has 0 spiro atoms. The first kappa shape index (κ1) is 15.8. The summed E-state index contributed by atoms with van der Waals surface area (Å²) < 4.78 is 36.2. The zero-order valence-corrected chi connectivity index (χ0v) is 11.4. The molecule has 5 heteroatoms. The number of halogens is 3. The third kappa shape index (κ3) is 6.59. The second-order valence-corrected chi connectivity index (χ2v) is 5.54. The molecule has 0 aromatic rings. The van der Waals surface area contributed by atoms with Crippen LogP contribution in [-0.2, 0) is 0 Å². The van der Waals surface area contributed by atoms with Crippen LogP contribution in [0.1, 0.15) is 32.6 Å². The number of nitrogens with zero attached hydrogens (tertiary/aromatic N) is 1. The summed E-state index contributed by atoms with van der Waals surface area (Å²) in [6.07, 6.45) is -1.28. The fourth-order valence-electron chi connectivity index (χ4n) is 2.45. The maximum absolute atomic E-state index is 12.1. The van der Waals surface area contributed by atoms with E-state index in [9.17, 15) is 13.2 Å². The molecule has 1 aliphatic heterocycles. The van der Waals surface area contributed by atoms with Gasteiger partial charge in [0.05, 0.1) is 6.42 Å². The lowest BCUT2D eigenvalue weighted by Gasteiger charge is -2.29. The quantitative estimate of drug-likeness (QED) is 0.795. The molecule has 2 unspecified atom stereocenters. The first-order valence-corrected chi connectivity index (χ1v) is 6.84. The van der Waals surface area contributed by atoms with E-state index in [-0.39, 0.29) is 6.54 Å². The smallest absolute Gasteiger partial charge is 0.316 e. The molecule has 0 amide bonds. The lowest BCUT2D eigenvalue weighted by molar-refractivity contribution is -0.137. The van der Waals surface area contributed by atoms with Gasteiger partial charge in [0.2, 0.25) is 0 Å². The van der Waals surface area contributed by atoms with Crippen molar-refractivity contribution in [2.75, 3.05) is 33.2 Å². The fourth-order valence-corrected chi connectivity index (χ4v) is 2.45. The molecule has 18 heavy (non-hydrogen) atoms. The van der Waals surface area contributed by atoms with Crippen molar-refractivity contribution < 1.29 is 13.2 Å². The van der Waals surface area contributed by atoms with Crippen molar-refractivity contribution in [2.45, 2.75) is 38.8 Å². The first-order valence-electron chi connectivity index (χ1n) is 6.84. The lowest BCUT2D eigenvalue weighted by atomic mass is 9.85. The van der Waals surface area contributed by atoms with Gasteiger partial charge in [-0.2, -0.15) is 13.2 Å². The van der Waals surface area contributed by atoms with E-state index in [4.69, 9.17) is 0 Å². The van der Waals surface area contributed by atoms with Crippen molar-refractivity contribution in [2.24, 2.45) is 11.8 Å². The summed E-state index contributed by atoms with van der Waals surface area (Å²) in [7, 11) is 1.78. The van der Waals surface area contributed by atoms with Gasteiger partial charge in [-0.15, -0.1) is 0 Å². The van der Waals surface area contributed by atoms with Crippen LogP contribution >= 0.6 is 0 Å².